The quantitative estimate of drug-likeness (QED) is 0.637. The molecule has 5 nitrogen and oxygen atoms in total. The lowest BCUT2D eigenvalue weighted by Crippen LogP contribution is -2.10. The minimum atomic E-state index is -0.408. The summed E-state index contributed by atoms with van der Waals surface area (Å²) in [6.45, 7) is 1.94. The number of carbonyl (C=O) groups excluding carboxylic acids is 1. The molecular formula is C16H16N2O3. The summed E-state index contributed by atoms with van der Waals surface area (Å²) in [6, 6.07) is 7.08. The number of aromatic nitrogens is 2. The van der Waals surface area contributed by atoms with Crippen LogP contribution >= 0.6 is 0 Å². The van der Waals surface area contributed by atoms with Crippen molar-refractivity contribution in [3.8, 4) is 17.7 Å². The summed E-state index contributed by atoms with van der Waals surface area (Å²) in [5.74, 6) is 5.89. The van der Waals surface area contributed by atoms with Crippen LogP contribution in [0.2, 0.25) is 0 Å². The molecule has 1 aromatic heterocycles. The lowest BCUT2D eigenvalue weighted by atomic mass is 10.0. The van der Waals surface area contributed by atoms with Crippen molar-refractivity contribution >= 4 is 5.97 Å². The fraction of sp³-hybridized carbons (Fsp3) is 0.250. The first kappa shape index (κ1) is 14.7. The predicted octanol–water partition coefficient (Wildman–Crippen LogP) is 2.16. The lowest BCUT2D eigenvalue weighted by molar-refractivity contribution is 0.0597. The van der Waals surface area contributed by atoms with Crippen LogP contribution in [0, 0.1) is 11.8 Å². The largest absolute Gasteiger partial charge is 0.472 e. The summed E-state index contributed by atoms with van der Waals surface area (Å²) in [5.41, 5.74) is 1.90. The minimum absolute atomic E-state index is 0.201. The van der Waals surface area contributed by atoms with Gasteiger partial charge < -0.3 is 9.47 Å². The van der Waals surface area contributed by atoms with E-state index >= 15 is 0 Å². The molecule has 1 aromatic carbocycles. The first-order valence-corrected chi connectivity index (χ1v) is 6.41. The number of nitrogens with zero attached hydrogens (tertiary/aromatic N) is 2. The van der Waals surface area contributed by atoms with Gasteiger partial charge in [-0.3, -0.25) is 4.68 Å². The van der Waals surface area contributed by atoms with E-state index in [1.807, 2.05) is 13.1 Å². The van der Waals surface area contributed by atoms with Crippen LogP contribution in [0.3, 0.4) is 0 Å². The highest BCUT2D eigenvalue weighted by Crippen LogP contribution is 2.18. The van der Waals surface area contributed by atoms with Crippen molar-refractivity contribution in [2.24, 2.45) is 7.05 Å². The number of hydrogen-bond acceptors (Lipinski definition) is 4. The van der Waals surface area contributed by atoms with Gasteiger partial charge in [0.05, 0.1) is 12.7 Å². The fourth-order valence-electron chi connectivity index (χ4n) is 1.91. The average Bonchev–Trinajstić information content (AvgIpc) is 2.91. The molecule has 2 aromatic rings. The molecule has 0 aliphatic carbocycles. The number of carbonyl (C=O) groups is 1. The van der Waals surface area contributed by atoms with E-state index in [1.54, 1.807) is 36.0 Å². The van der Waals surface area contributed by atoms with Crippen molar-refractivity contribution in [2.45, 2.75) is 13.5 Å². The number of esters is 1. The number of benzene rings is 1. The molecule has 108 valence electrons. The molecule has 0 aliphatic rings. The zero-order chi connectivity index (χ0) is 15.2. The van der Waals surface area contributed by atoms with Gasteiger partial charge in [0.2, 0.25) is 5.88 Å². The Kier molecular flexibility index (Phi) is 4.62. The fourth-order valence-corrected chi connectivity index (χ4v) is 1.91. The van der Waals surface area contributed by atoms with E-state index < -0.39 is 5.97 Å². The van der Waals surface area contributed by atoms with Crippen molar-refractivity contribution in [3.63, 3.8) is 0 Å². The molecule has 0 radical (unpaired) electrons. The Morgan fingerprint density at radius 3 is 2.81 bits per heavy atom. The number of methoxy groups -OCH3 is 1. The zero-order valence-corrected chi connectivity index (χ0v) is 12.2. The van der Waals surface area contributed by atoms with E-state index in [0.717, 1.165) is 5.56 Å². The SMILES string of the molecule is CC#Cc1cccc(C(=O)OC)c1COc1ccn(C)n1. The minimum Gasteiger partial charge on any atom is -0.472 e. The Labute approximate surface area is 123 Å². The standard InChI is InChI=1S/C16H16N2O3/c1-4-6-12-7-5-8-13(16(19)20-3)14(12)11-21-15-9-10-18(2)17-15/h5,7-10H,11H2,1-3H3. The molecule has 0 saturated heterocycles. The third-order valence-electron chi connectivity index (χ3n) is 2.89. The van der Waals surface area contributed by atoms with Crippen LogP contribution in [0.25, 0.3) is 0 Å². The number of ether oxygens (including phenoxy) is 2. The topological polar surface area (TPSA) is 53.4 Å². The van der Waals surface area contributed by atoms with Crippen LogP contribution in [0.5, 0.6) is 5.88 Å². The Bertz CT molecular complexity index is 708. The molecule has 0 aliphatic heterocycles. The van der Waals surface area contributed by atoms with Crippen molar-refractivity contribution in [3.05, 3.63) is 47.2 Å². The highest BCUT2D eigenvalue weighted by Gasteiger charge is 2.15. The maximum absolute atomic E-state index is 11.9. The molecular weight excluding hydrogens is 268 g/mol. The second-order valence-corrected chi connectivity index (χ2v) is 4.31. The Morgan fingerprint density at radius 2 is 2.19 bits per heavy atom. The molecule has 2 rings (SSSR count). The number of hydrogen-bond donors (Lipinski definition) is 0. The highest BCUT2D eigenvalue weighted by molar-refractivity contribution is 5.91. The molecule has 0 bridgehead atoms. The molecule has 0 N–H and O–H groups in total. The van der Waals surface area contributed by atoms with Crippen LogP contribution in [0.1, 0.15) is 28.4 Å². The van der Waals surface area contributed by atoms with Gasteiger partial charge in [0.25, 0.3) is 0 Å². The number of aryl methyl sites for hydroxylation is 1. The van der Waals surface area contributed by atoms with Crippen LogP contribution in [0.15, 0.2) is 30.5 Å². The van der Waals surface area contributed by atoms with E-state index in [0.29, 0.717) is 17.0 Å². The van der Waals surface area contributed by atoms with Gasteiger partial charge >= 0.3 is 5.97 Å². The maximum atomic E-state index is 11.9. The van der Waals surface area contributed by atoms with Gasteiger partial charge in [-0.15, -0.1) is 11.0 Å². The normalized spacial score (nSPS) is 9.67. The van der Waals surface area contributed by atoms with Gasteiger partial charge in [0.1, 0.15) is 6.61 Å². The smallest absolute Gasteiger partial charge is 0.338 e. The summed E-state index contributed by atoms with van der Waals surface area (Å²) in [5, 5.41) is 4.14. The molecule has 0 unspecified atom stereocenters. The molecule has 0 fully saturated rings. The van der Waals surface area contributed by atoms with E-state index in [2.05, 4.69) is 16.9 Å². The molecule has 21 heavy (non-hydrogen) atoms. The highest BCUT2D eigenvalue weighted by atomic mass is 16.5. The van der Waals surface area contributed by atoms with Crippen LogP contribution in [-0.2, 0) is 18.4 Å². The third-order valence-corrected chi connectivity index (χ3v) is 2.89. The van der Waals surface area contributed by atoms with Gasteiger partial charge in [-0.2, -0.15) is 0 Å². The summed E-state index contributed by atoms with van der Waals surface area (Å²) in [4.78, 5) is 11.9. The van der Waals surface area contributed by atoms with Crippen LogP contribution in [-0.4, -0.2) is 22.9 Å². The van der Waals surface area contributed by atoms with Gasteiger partial charge in [0, 0.05) is 30.4 Å². The van der Waals surface area contributed by atoms with E-state index in [-0.39, 0.29) is 6.61 Å². The summed E-state index contributed by atoms with van der Waals surface area (Å²) < 4.78 is 12.1. The molecule has 0 atom stereocenters. The second-order valence-electron chi connectivity index (χ2n) is 4.31. The average molecular weight is 284 g/mol. The molecule has 0 spiro atoms. The third kappa shape index (κ3) is 3.42. The van der Waals surface area contributed by atoms with Crippen LogP contribution < -0.4 is 4.74 Å². The van der Waals surface area contributed by atoms with Crippen molar-refractivity contribution in [2.75, 3.05) is 7.11 Å². The lowest BCUT2D eigenvalue weighted by Gasteiger charge is -2.10. The van der Waals surface area contributed by atoms with Crippen molar-refractivity contribution in [1.29, 1.82) is 0 Å². The molecule has 1 heterocycles. The zero-order valence-electron chi connectivity index (χ0n) is 12.2. The number of rotatable bonds is 4. The van der Waals surface area contributed by atoms with Gasteiger partial charge in [-0.25, -0.2) is 4.79 Å². The molecule has 0 saturated carbocycles. The second kappa shape index (κ2) is 6.62. The summed E-state index contributed by atoms with van der Waals surface area (Å²) >= 11 is 0. The van der Waals surface area contributed by atoms with Crippen molar-refractivity contribution < 1.29 is 14.3 Å². The molecule has 0 amide bonds. The van der Waals surface area contributed by atoms with Crippen LogP contribution in [0.4, 0.5) is 0 Å². The summed E-state index contributed by atoms with van der Waals surface area (Å²) in [6.07, 6.45) is 1.79. The van der Waals surface area contributed by atoms with Gasteiger partial charge in [-0.1, -0.05) is 12.0 Å². The predicted molar refractivity (Wildman–Crippen MR) is 77.9 cm³/mol. The van der Waals surface area contributed by atoms with E-state index in [1.165, 1.54) is 7.11 Å². The first-order chi connectivity index (χ1) is 10.2. The Hall–Kier alpha value is -2.74. The maximum Gasteiger partial charge on any atom is 0.338 e. The Balaban J connectivity index is 2.33. The van der Waals surface area contributed by atoms with Gasteiger partial charge in [0.15, 0.2) is 0 Å². The van der Waals surface area contributed by atoms with Crippen molar-refractivity contribution in [1.82, 2.24) is 9.78 Å². The van der Waals surface area contributed by atoms with E-state index in [4.69, 9.17) is 9.47 Å². The first-order valence-electron chi connectivity index (χ1n) is 6.41. The summed E-state index contributed by atoms with van der Waals surface area (Å²) in [7, 11) is 3.16. The molecule has 5 heteroatoms. The Morgan fingerprint density at radius 1 is 1.38 bits per heavy atom. The monoisotopic (exact) mass is 284 g/mol. The van der Waals surface area contributed by atoms with Gasteiger partial charge in [-0.05, 0) is 19.1 Å². The van der Waals surface area contributed by atoms with E-state index in [9.17, 15) is 4.79 Å².